The van der Waals surface area contributed by atoms with Gasteiger partial charge in [0.2, 0.25) is 0 Å². The number of carbonyl (C=O) groups excluding carboxylic acids is 2. The number of ether oxygens (including phenoxy) is 2. The van der Waals surface area contributed by atoms with Crippen LogP contribution in [0.25, 0.3) is 5.76 Å². The number of Topliss-reactive ketones (excluding diaryl/α,β-unsaturated/α-hetero) is 1. The molecule has 1 N–H and O–H groups in total. The summed E-state index contributed by atoms with van der Waals surface area (Å²) >= 11 is 0. The second kappa shape index (κ2) is 10.5. The summed E-state index contributed by atoms with van der Waals surface area (Å²) in [6.07, 6.45) is 0. The summed E-state index contributed by atoms with van der Waals surface area (Å²) in [6, 6.07) is 10.3. The van der Waals surface area contributed by atoms with Crippen LogP contribution >= 0.6 is 0 Å². The Balaban J connectivity index is 2.17. The lowest BCUT2D eigenvalue weighted by atomic mass is 9.94. The van der Waals surface area contributed by atoms with Crippen molar-refractivity contribution in [2.45, 2.75) is 19.9 Å². The number of nitrogens with zero attached hydrogens (tertiary/aromatic N) is 2. The molecule has 1 aliphatic rings. The van der Waals surface area contributed by atoms with Gasteiger partial charge < -0.3 is 24.4 Å². The zero-order valence-electron chi connectivity index (χ0n) is 19.3. The lowest BCUT2D eigenvalue weighted by Gasteiger charge is -2.26. The van der Waals surface area contributed by atoms with Gasteiger partial charge >= 0.3 is 0 Å². The molecule has 2 aromatic carbocycles. The molecule has 2 aromatic rings. The predicted molar refractivity (Wildman–Crippen MR) is 124 cm³/mol. The molecule has 8 heteroatoms. The maximum atomic E-state index is 14.0. The Kier molecular flexibility index (Phi) is 7.71. The second-order valence-electron chi connectivity index (χ2n) is 7.59. The summed E-state index contributed by atoms with van der Waals surface area (Å²) < 4.78 is 24.4. The van der Waals surface area contributed by atoms with Crippen LogP contribution in [0.3, 0.4) is 0 Å². The van der Waals surface area contributed by atoms with Crippen molar-refractivity contribution < 1.29 is 28.6 Å². The number of hydrogen-bond donors (Lipinski definition) is 1. The molecule has 3 rings (SSSR count). The third-order valence-electron chi connectivity index (χ3n) is 5.83. The van der Waals surface area contributed by atoms with Gasteiger partial charge in [0.15, 0.2) is 0 Å². The summed E-state index contributed by atoms with van der Waals surface area (Å²) in [5.74, 6) is -2.49. The molecule has 1 fully saturated rings. The Morgan fingerprint density at radius 2 is 1.76 bits per heavy atom. The van der Waals surface area contributed by atoms with Crippen molar-refractivity contribution in [2.75, 3.05) is 45.4 Å². The van der Waals surface area contributed by atoms with Crippen molar-refractivity contribution in [3.05, 3.63) is 65.0 Å². The SMILES string of the molecule is CCN(CC)c1ccc(C2/C(=C(\O)c3cc(F)ccc3OC)C(=O)C(=O)N2CCOC)cc1. The standard InChI is InChI=1S/C25H29FN2O5/c1-5-27(6-2)18-10-7-16(8-11-18)22-21(24(30)25(31)28(22)13-14-32-3)23(29)19-15-17(26)9-12-20(19)33-4/h7-12,15,22,29H,5-6,13-14H2,1-4H3/b23-21+. The maximum Gasteiger partial charge on any atom is 0.295 e. The fourth-order valence-corrected chi connectivity index (χ4v) is 4.11. The molecular formula is C25H29FN2O5. The number of anilines is 1. The number of rotatable bonds is 9. The first kappa shape index (κ1) is 24.3. The van der Waals surface area contributed by atoms with Crippen LogP contribution in [0.4, 0.5) is 10.1 Å². The lowest BCUT2D eigenvalue weighted by Crippen LogP contribution is -2.32. The zero-order chi connectivity index (χ0) is 24.1. The maximum absolute atomic E-state index is 14.0. The van der Waals surface area contributed by atoms with E-state index in [9.17, 15) is 19.1 Å². The molecule has 0 radical (unpaired) electrons. The van der Waals surface area contributed by atoms with Crippen molar-refractivity contribution in [1.82, 2.24) is 4.90 Å². The number of methoxy groups -OCH3 is 2. The van der Waals surface area contributed by atoms with Gasteiger partial charge in [0.05, 0.1) is 30.9 Å². The Bertz CT molecular complexity index is 1050. The monoisotopic (exact) mass is 456 g/mol. The van der Waals surface area contributed by atoms with E-state index in [0.717, 1.165) is 24.8 Å². The van der Waals surface area contributed by atoms with E-state index in [2.05, 4.69) is 18.7 Å². The van der Waals surface area contributed by atoms with Crippen LogP contribution in [-0.2, 0) is 14.3 Å². The molecule has 7 nitrogen and oxygen atoms in total. The van der Waals surface area contributed by atoms with Gasteiger partial charge in [-0.2, -0.15) is 0 Å². The minimum absolute atomic E-state index is 0.00648. The summed E-state index contributed by atoms with van der Waals surface area (Å²) in [7, 11) is 2.88. The van der Waals surface area contributed by atoms with E-state index in [4.69, 9.17) is 9.47 Å². The summed E-state index contributed by atoms with van der Waals surface area (Å²) in [5.41, 5.74) is 1.55. The molecule has 1 heterocycles. The Morgan fingerprint density at radius 3 is 2.33 bits per heavy atom. The van der Waals surface area contributed by atoms with E-state index in [1.807, 2.05) is 24.3 Å². The highest BCUT2D eigenvalue weighted by molar-refractivity contribution is 6.46. The van der Waals surface area contributed by atoms with Crippen molar-refractivity contribution in [1.29, 1.82) is 0 Å². The number of ketones is 1. The van der Waals surface area contributed by atoms with E-state index >= 15 is 0 Å². The highest BCUT2D eigenvalue weighted by Crippen LogP contribution is 2.41. The average molecular weight is 457 g/mol. The van der Waals surface area contributed by atoms with Crippen molar-refractivity contribution in [2.24, 2.45) is 0 Å². The van der Waals surface area contributed by atoms with Crippen LogP contribution < -0.4 is 9.64 Å². The summed E-state index contributed by atoms with van der Waals surface area (Å²) in [5, 5.41) is 11.1. The third-order valence-corrected chi connectivity index (χ3v) is 5.83. The quantitative estimate of drug-likeness (QED) is 0.352. The Morgan fingerprint density at radius 1 is 1.09 bits per heavy atom. The van der Waals surface area contributed by atoms with Crippen molar-refractivity contribution in [3.63, 3.8) is 0 Å². The largest absolute Gasteiger partial charge is 0.507 e. The highest BCUT2D eigenvalue weighted by atomic mass is 19.1. The lowest BCUT2D eigenvalue weighted by molar-refractivity contribution is -0.140. The van der Waals surface area contributed by atoms with E-state index in [1.54, 1.807) is 0 Å². The summed E-state index contributed by atoms with van der Waals surface area (Å²) in [4.78, 5) is 29.5. The first-order valence-electron chi connectivity index (χ1n) is 10.8. The molecule has 1 amide bonds. The van der Waals surface area contributed by atoms with Crippen LogP contribution in [0.1, 0.15) is 31.0 Å². The van der Waals surface area contributed by atoms with Crippen LogP contribution in [0, 0.1) is 5.82 Å². The zero-order valence-corrected chi connectivity index (χ0v) is 19.3. The van der Waals surface area contributed by atoms with Gasteiger partial charge in [-0.3, -0.25) is 9.59 Å². The van der Waals surface area contributed by atoms with Crippen LogP contribution in [0.5, 0.6) is 5.75 Å². The fourth-order valence-electron chi connectivity index (χ4n) is 4.11. The Hall–Kier alpha value is -3.39. The number of amides is 1. The number of aliphatic hydroxyl groups is 1. The van der Waals surface area contributed by atoms with Crippen LogP contribution in [-0.4, -0.2) is 62.2 Å². The number of hydrogen-bond acceptors (Lipinski definition) is 6. The fraction of sp³-hybridized carbons (Fsp3) is 0.360. The van der Waals surface area contributed by atoms with Gasteiger partial charge in [0.1, 0.15) is 17.3 Å². The Labute approximate surface area is 193 Å². The van der Waals surface area contributed by atoms with Gasteiger partial charge in [0.25, 0.3) is 11.7 Å². The second-order valence-corrected chi connectivity index (χ2v) is 7.59. The molecule has 1 unspecified atom stereocenters. The molecular weight excluding hydrogens is 427 g/mol. The number of halogens is 1. The molecule has 33 heavy (non-hydrogen) atoms. The molecule has 1 saturated heterocycles. The minimum Gasteiger partial charge on any atom is -0.507 e. The van der Waals surface area contributed by atoms with Crippen LogP contribution in [0.2, 0.25) is 0 Å². The molecule has 0 aromatic heterocycles. The van der Waals surface area contributed by atoms with E-state index < -0.39 is 29.3 Å². The summed E-state index contributed by atoms with van der Waals surface area (Å²) in [6.45, 7) is 6.15. The van der Waals surface area contributed by atoms with E-state index in [0.29, 0.717) is 5.56 Å². The molecule has 0 saturated carbocycles. The van der Waals surface area contributed by atoms with Crippen LogP contribution in [0.15, 0.2) is 48.0 Å². The average Bonchev–Trinajstić information content (AvgIpc) is 3.08. The highest BCUT2D eigenvalue weighted by Gasteiger charge is 2.46. The number of likely N-dealkylation sites (tertiary alicyclic amines) is 1. The minimum atomic E-state index is -0.848. The first-order valence-corrected chi connectivity index (χ1v) is 10.8. The van der Waals surface area contributed by atoms with Gasteiger partial charge in [-0.1, -0.05) is 12.1 Å². The van der Waals surface area contributed by atoms with Gasteiger partial charge in [0, 0.05) is 32.4 Å². The molecule has 0 bridgehead atoms. The van der Waals surface area contributed by atoms with Crippen molar-refractivity contribution in [3.8, 4) is 5.75 Å². The molecule has 1 aliphatic heterocycles. The number of carbonyl (C=O) groups is 2. The molecule has 0 aliphatic carbocycles. The predicted octanol–water partition coefficient (Wildman–Crippen LogP) is 3.75. The molecule has 1 atom stereocenters. The van der Waals surface area contributed by atoms with Crippen molar-refractivity contribution >= 4 is 23.1 Å². The number of aliphatic hydroxyl groups excluding tert-OH is 1. The van der Waals surface area contributed by atoms with Gasteiger partial charge in [-0.05, 0) is 49.7 Å². The molecule has 0 spiro atoms. The molecule has 176 valence electrons. The number of benzene rings is 2. The van der Waals surface area contributed by atoms with Gasteiger partial charge in [-0.15, -0.1) is 0 Å². The topological polar surface area (TPSA) is 79.3 Å². The normalized spacial score (nSPS) is 17.5. The smallest absolute Gasteiger partial charge is 0.295 e. The third kappa shape index (κ3) is 4.71. The van der Waals surface area contributed by atoms with Gasteiger partial charge in [-0.25, -0.2) is 4.39 Å². The first-order chi connectivity index (χ1) is 15.9. The van der Waals surface area contributed by atoms with E-state index in [-0.39, 0.29) is 30.0 Å². The van der Waals surface area contributed by atoms with E-state index in [1.165, 1.54) is 31.3 Å².